The summed E-state index contributed by atoms with van der Waals surface area (Å²) in [6.07, 6.45) is 0.845. The van der Waals surface area contributed by atoms with Crippen molar-refractivity contribution < 1.29 is 8.83 Å². The van der Waals surface area contributed by atoms with Crippen LogP contribution in [-0.2, 0) is 38.9 Å². The first-order chi connectivity index (χ1) is 57.7. The standard InChI is InChI=1S/C116H107BN2O2/c1-111(2,3)81-47-35-70(36-48-81)91-66-85(115(13,14)15)67-92(71-37-49-82(50-38-71)112(4,5)6)109(91)118-99-62-76(74-45-57-105-95(60-74)89-31-23-25-33-103(89)120-105)43-55-97(99)117-98-56-44-77(75-46-58-106-96(61-75)90-32-24-26-34-104(90)121-106)63-100(98)119(102-65-80(64-101(118)108(102)117)107-87-29-21-19-27-78(87)59-79-28-20-22-30-88(79)107)110-93(72-39-51-83(52-40-72)113(7,8)9)68-86(116(16,17)18)69-94(110)73-41-53-84(54-42-73)114(10,11)12/h19-58,60-69,107H,59H2,1-18H3. The van der Waals surface area contributed by atoms with Crippen LogP contribution in [0.1, 0.15) is 192 Å². The highest BCUT2D eigenvalue weighted by Gasteiger charge is 2.47. The first-order valence-corrected chi connectivity index (χ1v) is 43.6. The van der Waals surface area contributed by atoms with Gasteiger partial charge in [-0.2, -0.15) is 0 Å². The first-order valence-electron chi connectivity index (χ1n) is 43.6. The van der Waals surface area contributed by atoms with Crippen LogP contribution in [0.25, 0.3) is 111 Å². The second-order valence-electron chi connectivity index (χ2n) is 40.9. The molecule has 0 N–H and O–H groups in total. The molecule has 2 aliphatic heterocycles. The maximum atomic E-state index is 6.64. The van der Waals surface area contributed by atoms with E-state index in [1.54, 1.807) is 0 Å². The largest absolute Gasteiger partial charge is 0.456 e. The minimum atomic E-state index is -0.304. The van der Waals surface area contributed by atoms with Gasteiger partial charge in [-0.1, -0.05) is 343 Å². The van der Waals surface area contributed by atoms with E-state index in [9.17, 15) is 0 Å². The number of para-hydroxylation sites is 2. The van der Waals surface area contributed by atoms with Crippen molar-refractivity contribution in [2.24, 2.45) is 0 Å². The molecule has 596 valence electrons. The molecule has 0 radical (unpaired) electrons. The molecule has 0 amide bonds. The van der Waals surface area contributed by atoms with E-state index < -0.39 is 0 Å². The smallest absolute Gasteiger partial charge is 0.252 e. The molecule has 4 nitrogen and oxygen atoms in total. The van der Waals surface area contributed by atoms with Gasteiger partial charge in [0.05, 0.1) is 11.4 Å². The van der Waals surface area contributed by atoms with Crippen LogP contribution in [-0.4, -0.2) is 6.71 Å². The number of furan rings is 2. The molecule has 0 unspecified atom stereocenters. The number of benzene rings is 15. The van der Waals surface area contributed by atoms with E-state index in [2.05, 4.69) is 438 Å². The Balaban J connectivity index is 0.988. The van der Waals surface area contributed by atoms with Crippen LogP contribution in [0.2, 0.25) is 0 Å². The lowest BCUT2D eigenvalue weighted by Gasteiger charge is -2.47. The Morgan fingerprint density at radius 3 is 0.884 bits per heavy atom. The number of rotatable bonds is 9. The van der Waals surface area contributed by atoms with Gasteiger partial charge in [-0.15, -0.1) is 0 Å². The Hall–Kier alpha value is -12.4. The molecule has 0 fully saturated rings. The minimum absolute atomic E-state index is 0.0861. The van der Waals surface area contributed by atoms with E-state index in [-0.39, 0.29) is 45.1 Å². The SMILES string of the molecule is CC(C)(C)c1ccc(-c2cc(C(C)(C)C)cc(-c3ccc(C(C)(C)C)cc3)c2N2c3cc(-c4ccc5oc6ccccc6c5c4)ccc3B3c4ccc(-c5ccc6oc7ccccc7c6c5)cc4N(c4c(-c5ccc(C(C)(C)C)cc5)cc(C(C)(C)C)cc4-c4ccc(C(C)(C)C)cc4)c4cc(C5c6ccccc6Cc6ccccc65)cc2c43)cc1. The molecule has 0 saturated heterocycles. The number of hydrogen-bond acceptors (Lipinski definition) is 4. The molecule has 0 bridgehead atoms. The molecular weight excluding hydrogens is 1460 g/mol. The van der Waals surface area contributed by atoms with E-state index >= 15 is 0 Å². The lowest BCUT2D eigenvalue weighted by atomic mass is 9.33. The summed E-state index contributed by atoms with van der Waals surface area (Å²) in [5.41, 5.74) is 41.1. The van der Waals surface area contributed by atoms with Crippen LogP contribution in [0.5, 0.6) is 0 Å². The van der Waals surface area contributed by atoms with Crippen molar-refractivity contribution in [2.75, 3.05) is 9.80 Å². The Labute approximate surface area is 715 Å². The van der Waals surface area contributed by atoms with Gasteiger partial charge in [0.15, 0.2) is 0 Å². The second kappa shape index (κ2) is 28.1. The Bertz CT molecular complexity index is 6450. The van der Waals surface area contributed by atoms with Crippen LogP contribution in [0.4, 0.5) is 34.1 Å². The van der Waals surface area contributed by atoms with Gasteiger partial charge in [0, 0.05) is 72.5 Å². The van der Waals surface area contributed by atoms with Crippen LogP contribution >= 0.6 is 0 Å². The highest BCUT2D eigenvalue weighted by molar-refractivity contribution is 7.00. The zero-order valence-electron chi connectivity index (χ0n) is 73.4. The summed E-state index contributed by atoms with van der Waals surface area (Å²) in [5.74, 6) is -0.174. The average molecular weight is 1570 g/mol. The van der Waals surface area contributed by atoms with Gasteiger partial charge in [-0.05, 0) is 246 Å². The Kier molecular flexibility index (Phi) is 17.9. The fraction of sp³-hybridized carbons (Fsp3) is 0.224. The summed E-state index contributed by atoms with van der Waals surface area (Å²) >= 11 is 0. The molecule has 17 aromatic rings. The topological polar surface area (TPSA) is 32.8 Å². The van der Waals surface area contributed by atoms with Crippen molar-refractivity contribution in [2.45, 2.75) is 169 Å². The number of nitrogens with zero attached hydrogens (tertiary/aromatic N) is 2. The van der Waals surface area contributed by atoms with E-state index in [1.165, 1.54) is 77.6 Å². The Morgan fingerprint density at radius 2 is 0.545 bits per heavy atom. The van der Waals surface area contributed by atoms with E-state index in [1.807, 2.05) is 0 Å². The highest BCUT2D eigenvalue weighted by Crippen LogP contribution is 2.58. The summed E-state index contributed by atoms with van der Waals surface area (Å²) in [7, 11) is 0. The van der Waals surface area contributed by atoms with Crippen molar-refractivity contribution in [3.8, 4) is 66.8 Å². The number of anilines is 6. The molecule has 3 aliphatic rings. The lowest BCUT2D eigenvalue weighted by Crippen LogP contribution is -2.61. The van der Waals surface area contributed by atoms with E-state index in [4.69, 9.17) is 8.83 Å². The number of fused-ring (bicyclic) bond motifs is 12. The van der Waals surface area contributed by atoms with Gasteiger partial charge >= 0.3 is 0 Å². The van der Waals surface area contributed by atoms with Crippen LogP contribution < -0.4 is 26.2 Å². The van der Waals surface area contributed by atoms with Crippen molar-refractivity contribution in [1.29, 1.82) is 0 Å². The van der Waals surface area contributed by atoms with Crippen molar-refractivity contribution in [3.63, 3.8) is 0 Å². The van der Waals surface area contributed by atoms with Crippen molar-refractivity contribution >= 4 is 101 Å². The normalized spacial score (nSPS) is 13.8. The van der Waals surface area contributed by atoms with E-state index in [0.29, 0.717) is 0 Å². The lowest BCUT2D eigenvalue weighted by molar-refractivity contribution is 0.589. The molecular formula is C116H107BN2O2. The maximum absolute atomic E-state index is 6.64. The summed E-state index contributed by atoms with van der Waals surface area (Å²) in [5, 5.41) is 4.39. The molecule has 20 rings (SSSR count). The van der Waals surface area contributed by atoms with Crippen molar-refractivity contribution in [1.82, 2.24) is 0 Å². The predicted octanol–water partition coefficient (Wildman–Crippen LogP) is 30.4. The minimum Gasteiger partial charge on any atom is -0.456 e. The summed E-state index contributed by atoms with van der Waals surface area (Å²) in [6.45, 7) is 42.0. The van der Waals surface area contributed by atoms with E-state index in [0.717, 1.165) is 151 Å². The van der Waals surface area contributed by atoms with Gasteiger partial charge in [0.2, 0.25) is 0 Å². The molecule has 15 aromatic carbocycles. The Morgan fingerprint density at radius 1 is 0.256 bits per heavy atom. The molecule has 0 atom stereocenters. The summed E-state index contributed by atoms with van der Waals surface area (Å²) in [4.78, 5) is 5.58. The van der Waals surface area contributed by atoms with Gasteiger partial charge in [-0.3, -0.25) is 0 Å². The summed E-state index contributed by atoms with van der Waals surface area (Å²) in [6, 6.07) is 118. The van der Waals surface area contributed by atoms with Gasteiger partial charge < -0.3 is 18.6 Å². The first kappa shape index (κ1) is 77.2. The molecule has 121 heavy (non-hydrogen) atoms. The fourth-order valence-corrected chi connectivity index (χ4v) is 19.6. The average Bonchev–Trinajstić information content (AvgIpc) is 1.02. The van der Waals surface area contributed by atoms with Crippen molar-refractivity contribution in [3.05, 3.63) is 365 Å². The molecule has 2 aromatic heterocycles. The molecule has 0 spiro atoms. The zero-order valence-corrected chi connectivity index (χ0v) is 73.4. The predicted molar refractivity (Wildman–Crippen MR) is 516 cm³/mol. The third kappa shape index (κ3) is 13.4. The zero-order chi connectivity index (χ0) is 83.9. The molecule has 0 saturated carbocycles. The van der Waals surface area contributed by atoms with Gasteiger partial charge in [0.25, 0.3) is 6.71 Å². The third-order valence-electron chi connectivity index (χ3n) is 26.6. The second-order valence-corrected chi connectivity index (χ2v) is 40.9. The fourth-order valence-electron chi connectivity index (χ4n) is 19.6. The van der Waals surface area contributed by atoms with Crippen LogP contribution in [0.3, 0.4) is 0 Å². The van der Waals surface area contributed by atoms with Gasteiger partial charge in [-0.25, -0.2) is 0 Å². The number of hydrogen-bond donors (Lipinski definition) is 0. The molecule has 4 heterocycles. The molecule has 5 heteroatoms. The third-order valence-corrected chi connectivity index (χ3v) is 26.6. The highest BCUT2D eigenvalue weighted by atomic mass is 16.3. The monoisotopic (exact) mass is 1570 g/mol. The molecule has 1 aliphatic carbocycles. The maximum Gasteiger partial charge on any atom is 0.252 e. The van der Waals surface area contributed by atoms with Crippen LogP contribution in [0, 0.1) is 0 Å². The summed E-state index contributed by atoms with van der Waals surface area (Å²) < 4.78 is 13.3. The van der Waals surface area contributed by atoms with Crippen LogP contribution in [0.15, 0.2) is 312 Å². The van der Waals surface area contributed by atoms with Gasteiger partial charge in [0.1, 0.15) is 22.3 Å². The quantitative estimate of drug-likeness (QED) is 0.135.